The van der Waals surface area contributed by atoms with Gasteiger partial charge in [0.05, 0.1) is 6.61 Å². The lowest BCUT2D eigenvalue weighted by molar-refractivity contribution is 0.263. The third kappa shape index (κ3) is 10.5. The molecule has 144 valence electrons. The molecule has 0 N–H and O–H groups in total. The first kappa shape index (κ1) is 20.8. The van der Waals surface area contributed by atoms with E-state index in [2.05, 4.69) is 49.4 Å². The predicted octanol–water partition coefficient (Wildman–Crippen LogP) is 6.65. The molecule has 1 saturated heterocycles. The van der Waals surface area contributed by atoms with Crippen molar-refractivity contribution in [3.63, 3.8) is 0 Å². The molecule has 1 heterocycles. The van der Waals surface area contributed by atoms with Crippen LogP contribution in [0.4, 0.5) is 0 Å². The number of rotatable bonds is 15. The molecule has 0 amide bonds. The van der Waals surface area contributed by atoms with Crippen molar-refractivity contribution in [2.45, 2.75) is 77.2 Å². The Kier molecular flexibility index (Phi) is 10.9. The first-order valence-electron chi connectivity index (χ1n) is 10.5. The van der Waals surface area contributed by atoms with Crippen molar-refractivity contribution in [1.29, 1.82) is 0 Å². The fraction of sp³-hybridized carbons (Fsp3) is 0.583. The Hall–Kier alpha value is -1.54. The van der Waals surface area contributed by atoms with Crippen LogP contribution < -0.4 is 4.74 Å². The van der Waals surface area contributed by atoms with Crippen molar-refractivity contribution < 1.29 is 9.47 Å². The summed E-state index contributed by atoms with van der Waals surface area (Å²) in [4.78, 5) is 0. The fourth-order valence-corrected chi connectivity index (χ4v) is 2.94. The number of benzene rings is 1. The maximum Gasteiger partial charge on any atom is 0.119 e. The van der Waals surface area contributed by atoms with Gasteiger partial charge in [0.1, 0.15) is 18.5 Å². The summed E-state index contributed by atoms with van der Waals surface area (Å²) in [5, 5.41) is 0. The van der Waals surface area contributed by atoms with E-state index in [1.54, 1.807) is 0 Å². The fourth-order valence-electron chi connectivity index (χ4n) is 2.94. The summed E-state index contributed by atoms with van der Waals surface area (Å²) in [7, 11) is 0. The molecular formula is C24H36O2. The van der Waals surface area contributed by atoms with Crippen molar-refractivity contribution in [2.75, 3.05) is 13.2 Å². The molecule has 1 aliphatic heterocycles. The van der Waals surface area contributed by atoms with Crippen LogP contribution in [-0.2, 0) is 11.2 Å². The Morgan fingerprint density at radius 2 is 1.77 bits per heavy atom. The lowest BCUT2D eigenvalue weighted by Gasteiger charge is -2.07. The Balaban J connectivity index is 1.44. The predicted molar refractivity (Wildman–Crippen MR) is 111 cm³/mol. The molecule has 2 heteroatoms. The molecular weight excluding hydrogens is 320 g/mol. The Morgan fingerprint density at radius 3 is 2.58 bits per heavy atom. The quantitative estimate of drug-likeness (QED) is 0.199. The van der Waals surface area contributed by atoms with Gasteiger partial charge in [-0.1, -0.05) is 69.0 Å². The lowest BCUT2D eigenvalue weighted by atomic mass is 10.0. The average molecular weight is 357 g/mol. The zero-order chi connectivity index (χ0) is 18.3. The van der Waals surface area contributed by atoms with Crippen LogP contribution in [0.25, 0.3) is 0 Å². The zero-order valence-electron chi connectivity index (χ0n) is 16.5. The van der Waals surface area contributed by atoms with Crippen LogP contribution in [0.3, 0.4) is 0 Å². The van der Waals surface area contributed by atoms with E-state index >= 15 is 0 Å². The van der Waals surface area contributed by atoms with Crippen molar-refractivity contribution >= 4 is 0 Å². The van der Waals surface area contributed by atoms with Crippen LogP contribution in [-0.4, -0.2) is 19.3 Å². The molecule has 1 atom stereocenters. The van der Waals surface area contributed by atoms with Gasteiger partial charge < -0.3 is 9.47 Å². The molecule has 0 spiro atoms. The molecule has 0 aromatic heterocycles. The van der Waals surface area contributed by atoms with Crippen LogP contribution >= 0.6 is 0 Å². The molecule has 0 radical (unpaired) electrons. The molecule has 2 nitrogen and oxygen atoms in total. The minimum Gasteiger partial charge on any atom is -0.491 e. The van der Waals surface area contributed by atoms with Gasteiger partial charge in [0.2, 0.25) is 0 Å². The second-order valence-corrected chi connectivity index (χ2v) is 7.19. The van der Waals surface area contributed by atoms with E-state index in [0.29, 0.717) is 12.7 Å². The summed E-state index contributed by atoms with van der Waals surface area (Å²) in [6.07, 6.45) is 22.1. The van der Waals surface area contributed by atoms with Crippen molar-refractivity contribution in [1.82, 2.24) is 0 Å². The number of ether oxygens (including phenoxy) is 2. The zero-order valence-corrected chi connectivity index (χ0v) is 16.5. The largest absolute Gasteiger partial charge is 0.491 e. The second kappa shape index (κ2) is 13.6. The van der Waals surface area contributed by atoms with E-state index in [1.807, 2.05) is 6.07 Å². The topological polar surface area (TPSA) is 21.8 Å². The summed E-state index contributed by atoms with van der Waals surface area (Å²) in [5.41, 5.74) is 1.39. The Morgan fingerprint density at radius 1 is 1.00 bits per heavy atom. The Labute approximate surface area is 160 Å². The van der Waals surface area contributed by atoms with E-state index in [4.69, 9.17) is 9.47 Å². The molecule has 1 unspecified atom stereocenters. The van der Waals surface area contributed by atoms with Gasteiger partial charge in [-0.3, -0.25) is 0 Å². The summed E-state index contributed by atoms with van der Waals surface area (Å²) in [5.74, 6) is 0.981. The van der Waals surface area contributed by atoms with Crippen LogP contribution in [0, 0.1) is 0 Å². The summed E-state index contributed by atoms with van der Waals surface area (Å²) in [6, 6.07) is 8.53. The first-order valence-corrected chi connectivity index (χ1v) is 10.5. The van der Waals surface area contributed by atoms with E-state index in [0.717, 1.165) is 25.2 Å². The van der Waals surface area contributed by atoms with Gasteiger partial charge in [-0.05, 0) is 56.2 Å². The highest BCUT2D eigenvalue weighted by atomic mass is 16.6. The van der Waals surface area contributed by atoms with E-state index < -0.39 is 0 Å². The van der Waals surface area contributed by atoms with Gasteiger partial charge in [-0.2, -0.15) is 0 Å². The minimum absolute atomic E-state index is 0.325. The van der Waals surface area contributed by atoms with Gasteiger partial charge in [-0.15, -0.1) is 0 Å². The van der Waals surface area contributed by atoms with Gasteiger partial charge in [0, 0.05) is 0 Å². The van der Waals surface area contributed by atoms with E-state index in [9.17, 15) is 0 Å². The summed E-state index contributed by atoms with van der Waals surface area (Å²) < 4.78 is 10.9. The van der Waals surface area contributed by atoms with Crippen molar-refractivity contribution in [3.8, 4) is 5.75 Å². The van der Waals surface area contributed by atoms with Crippen LogP contribution in [0.1, 0.15) is 70.3 Å². The van der Waals surface area contributed by atoms with Gasteiger partial charge >= 0.3 is 0 Å². The molecule has 1 aromatic rings. The monoisotopic (exact) mass is 356 g/mol. The standard InChI is InChI=1S/C24H36O2/c1-2-3-4-5-6-7-8-9-10-11-12-13-14-16-22-17-15-18-23(19-22)25-20-24-21-26-24/h4-5,7-8,15,17-19,24H,2-3,6,9-14,16,20-21H2,1H3/b5-4+,8-7+. The summed E-state index contributed by atoms with van der Waals surface area (Å²) >= 11 is 0. The average Bonchev–Trinajstić information content (AvgIpc) is 3.49. The highest BCUT2D eigenvalue weighted by molar-refractivity contribution is 5.28. The highest BCUT2D eigenvalue weighted by Crippen LogP contribution is 2.18. The minimum atomic E-state index is 0.325. The normalized spacial score (nSPS) is 16.6. The molecule has 2 rings (SSSR count). The second-order valence-electron chi connectivity index (χ2n) is 7.19. The van der Waals surface area contributed by atoms with Crippen molar-refractivity contribution in [2.24, 2.45) is 0 Å². The Bertz CT molecular complexity index is 529. The smallest absolute Gasteiger partial charge is 0.119 e. The van der Waals surface area contributed by atoms with Crippen LogP contribution in [0.5, 0.6) is 5.75 Å². The first-order chi connectivity index (χ1) is 12.9. The van der Waals surface area contributed by atoms with Crippen molar-refractivity contribution in [3.05, 3.63) is 54.1 Å². The van der Waals surface area contributed by atoms with E-state index in [-0.39, 0.29) is 0 Å². The lowest BCUT2D eigenvalue weighted by Crippen LogP contribution is -2.04. The maximum absolute atomic E-state index is 5.75. The third-order valence-electron chi connectivity index (χ3n) is 4.63. The highest BCUT2D eigenvalue weighted by Gasteiger charge is 2.22. The third-order valence-corrected chi connectivity index (χ3v) is 4.63. The SMILES string of the molecule is CCC/C=C/C/C=C/CCCCCCCc1cccc(OCC2CO2)c1. The number of aryl methyl sites for hydroxylation is 1. The molecule has 1 aliphatic rings. The number of allylic oxidation sites excluding steroid dienone is 4. The van der Waals surface area contributed by atoms with Gasteiger partial charge in [-0.25, -0.2) is 0 Å². The molecule has 0 saturated carbocycles. The molecule has 0 aliphatic carbocycles. The molecule has 26 heavy (non-hydrogen) atoms. The number of hydrogen-bond acceptors (Lipinski definition) is 2. The maximum atomic E-state index is 5.75. The summed E-state index contributed by atoms with van der Waals surface area (Å²) in [6.45, 7) is 3.76. The molecule has 1 aromatic carbocycles. The van der Waals surface area contributed by atoms with Gasteiger partial charge in [0.15, 0.2) is 0 Å². The number of hydrogen-bond donors (Lipinski definition) is 0. The molecule has 1 fully saturated rings. The van der Waals surface area contributed by atoms with Gasteiger partial charge in [0.25, 0.3) is 0 Å². The van der Waals surface area contributed by atoms with E-state index in [1.165, 1.54) is 56.9 Å². The van der Waals surface area contributed by atoms with Crippen LogP contribution in [0.2, 0.25) is 0 Å². The van der Waals surface area contributed by atoms with Crippen LogP contribution in [0.15, 0.2) is 48.6 Å². The number of epoxide rings is 1. The number of unbranched alkanes of at least 4 members (excludes halogenated alkanes) is 6. The molecule has 0 bridgehead atoms.